The Morgan fingerprint density at radius 1 is 0.930 bits per heavy atom. The van der Waals surface area contributed by atoms with E-state index in [0.29, 0.717) is 30.8 Å². The molecule has 0 aliphatic carbocycles. The van der Waals surface area contributed by atoms with Crippen molar-refractivity contribution in [2.75, 3.05) is 20.2 Å². The highest BCUT2D eigenvalue weighted by Gasteiger charge is 2.36. The molecule has 0 saturated carbocycles. The van der Waals surface area contributed by atoms with E-state index in [1.807, 2.05) is 36.6 Å². The number of nitrogens with zero attached hydrogens (tertiary/aromatic N) is 1. The second kappa shape index (κ2) is 14.4. The predicted octanol–water partition coefficient (Wildman–Crippen LogP) is 4.57. The molecule has 1 heterocycles. The fourth-order valence-corrected chi connectivity index (χ4v) is 6.35. The van der Waals surface area contributed by atoms with Crippen LogP contribution >= 0.6 is 0 Å². The Balaban J connectivity index is 1.93. The minimum Gasteiger partial charge on any atom is -0.477 e. The van der Waals surface area contributed by atoms with Crippen molar-refractivity contribution in [2.24, 2.45) is 0 Å². The number of sulfone groups is 1. The van der Waals surface area contributed by atoms with Crippen LogP contribution in [-0.4, -0.2) is 57.0 Å². The van der Waals surface area contributed by atoms with Crippen LogP contribution in [0.5, 0.6) is 5.75 Å². The molecule has 1 atom stereocenters. The second-order valence-electron chi connectivity index (χ2n) is 10.1. The van der Waals surface area contributed by atoms with E-state index in [2.05, 4.69) is 23.9 Å². The highest BCUT2D eigenvalue weighted by molar-refractivity contribution is 7.91. The minimum absolute atomic E-state index is 0.198. The summed E-state index contributed by atoms with van der Waals surface area (Å²) >= 11 is 0. The molecule has 0 fully saturated rings. The molecule has 232 valence electrons. The summed E-state index contributed by atoms with van der Waals surface area (Å²) in [6.45, 7) is 8.43. The van der Waals surface area contributed by atoms with Gasteiger partial charge in [0.1, 0.15) is 17.5 Å². The SMILES string of the molecule is CCn1c(C(=O)N[C@@H](CC(=O)OC)C(=O)OC)ccc1C(CC)(CC)c1ccc(OCS(=O)(=O)c2ccccc2)c(C)c1. The van der Waals surface area contributed by atoms with Crippen LogP contribution in [0.15, 0.2) is 65.6 Å². The third-order valence-corrected chi connectivity index (χ3v) is 9.23. The maximum absolute atomic E-state index is 13.4. The van der Waals surface area contributed by atoms with E-state index in [-0.39, 0.29) is 11.3 Å². The average molecular weight is 613 g/mol. The van der Waals surface area contributed by atoms with Gasteiger partial charge in [0.25, 0.3) is 5.91 Å². The standard InChI is InChI=1S/C32H40N2O8S/c1-7-32(8-2,23-15-17-27(22(4)19-23)42-21-43(38,39)24-13-11-10-12-14-24)28-18-16-26(34(28)9-3)30(36)33-25(31(37)41-6)20-29(35)40-5/h10-19,25H,7-9,20-21H2,1-6H3,(H,33,36)/t25-/m0/s1. The molecule has 0 radical (unpaired) electrons. The Kier molecular flexibility index (Phi) is 11.2. The normalized spacial score (nSPS) is 12.3. The maximum Gasteiger partial charge on any atom is 0.328 e. The van der Waals surface area contributed by atoms with Crippen LogP contribution in [0.3, 0.4) is 0 Å². The van der Waals surface area contributed by atoms with E-state index in [0.717, 1.165) is 16.8 Å². The summed E-state index contributed by atoms with van der Waals surface area (Å²) in [6.07, 6.45) is 1.07. The predicted molar refractivity (Wildman–Crippen MR) is 162 cm³/mol. The van der Waals surface area contributed by atoms with E-state index >= 15 is 0 Å². The van der Waals surface area contributed by atoms with Gasteiger partial charge in [-0.2, -0.15) is 0 Å². The van der Waals surface area contributed by atoms with Crippen molar-refractivity contribution in [3.63, 3.8) is 0 Å². The van der Waals surface area contributed by atoms with E-state index < -0.39 is 45.1 Å². The number of rotatable bonds is 14. The van der Waals surface area contributed by atoms with Crippen LogP contribution in [0, 0.1) is 6.92 Å². The lowest BCUT2D eigenvalue weighted by molar-refractivity contribution is -0.149. The molecule has 43 heavy (non-hydrogen) atoms. The lowest BCUT2D eigenvalue weighted by atomic mass is 9.72. The number of aromatic nitrogens is 1. The second-order valence-corrected chi connectivity index (χ2v) is 12.1. The number of esters is 2. The number of aryl methyl sites for hydroxylation is 1. The number of benzene rings is 2. The number of ether oxygens (including phenoxy) is 3. The molecule has 0 spiro atoms. The van der Waals surface area contributed by atoms with Crippen LogP contribution in [0.4, 0.5) is 0 Å². The summed E-state index contributed by atoms with van der Waals surface area (Å²) in [4.78, 5) is 37.7. The molecule has 1 aromatic heterocycles. The molecule has 0 unspecified atom stereocenters. The van der Waals surface area contributed by atoms with E-state index in [1.165, 1.54) is 26.4 Å². The highest BCUT2D eigenvalue weighted by Crippen LogP contribution is 2.41. The van der Waals surface area contributed by atoms with Crippen LogP contribution in [0.1, 0.15) is 67.3 Å². The summed E-state index contributed by atoms with van der Waals surface area (Å²) < 4.78 is 42.6. The highest BCUT2D eigenvalue weighted by atomic mass is 32.2. The van der Waals surface area contributed by atoms with E-state index in [4.69, 9.17) is 9.47 Å². The molecule has 3 aromatic rings. The van der Waals surface area contributed by atoms with Gasteiger partial charge in [-0.05, 0) is 68.1 Å². The number of methoxy groups -OCH3 is 2. The van der Waals surface area contributed by atoms with Gasteiger partial charge >= 0.3 is 11.9 Å². The van der Waals surface area contributed by atoms with Crippen LogP contribution in [-0.2, 0) is 40.9 Å². The fourth-order valence-electron chi connectivity index (χ4n) is 5.36. The summed E-state index contributed by atoms with van der Waals surface area (Å²) in [5.74, 6) is -1.94. The van der Waals surface area contributed by atoms with Crippen LogP contribution in [0.2, 0.25) is 0 Å². The van der Waals surface area contributed by atoms with Gasteiger partial charge in [0.2, 0.25) is 9.84 Å². The Morgan fingerprint density at radius 2 is 1.60 bits per heavy atom. The molecule has 3 rings (SSSR count). The number of carbonyl (C=O) groups excluding carboxylic acids is 3. The van der Waals surface area contributed by atoms with Crippen molar-refractivity contribution in [2.45, 2.75) is 69.9 Å². The zero-order valence-corrected chi connectivity index (χ0v) is 26.3. The summed E-state index contributed by atoms with van der Waals surface area (Å²) in [6, 6.07) is 16.3. The first-order valence-electron chi connectivity index (χ1n) is 14.1. The summed E-state index contributed by atoms with van der Waals surface area (Å²) in [5, 5.41) is 2.62. The van der Waals surface area contributed by atoms with Gasteiger partial charge in [-0.3, -0.25) is 9.59 Å². The van der Waals surface area contributed by atoms with Gasteiger partial charge in [-0.25, -0.2) is 13.2 Å². The average Bonchev–Trinajstić information content (AvgIpc) is 3.46. The van der Waals surface area contributed by atoms with Crippen LogP contribution < -0.4 is 10.1 Å². The smallest absolute Gasteiger partial charge is 0.328 e. The first-order chi connectivity index (χ1) is 20.5. The van der Waals surface area contributed by atoms with E-state index in [9.17, 15) is 22.8 Å². The van der Waals surface area contributed by atoms with Crippen molar-refractivity contribution in [1.29, 1.82) is 0 Å². The molecular formula is C32H40N2O8S. The van der Waals surface area contributed by atoms with Gasteiger partial charge in [0.15, 0.2) is 5.94 Å². The number of carbonyl (C=O) groups is 3. The topological polar surface area (TPSA) is 130 Å². The van der Waals surface area contributed by atoms with Crippen molar-refractivity contribution in [3.8, 4) is 5.75 Å². The maximum atomic E-state index is 13.4. The molecule has 0 aliphatic rings. The Labute approximate surface area is 253 Å². The lowest BCUT2D eigenvalue weighted by Crippen LogP contribution is -2.44. The quantitative estimate of drug-likeness (QED) is 0.262. The number of hydrogen-bond acceptors (Lipinski definition) is 8. The van der Waals surface area contributed by atoms with E-state index in [1.54, 1.807) is 30.3 Å². The number of hydrogen-bond donors (Lipinski definition) is 1. The van der Waals surface area contributed by atoms with Crippen molar-refractivity contribution < 1.29 is 37.0 Å². The zero-order chi connectivity index (χ0) is 31.8. The molecule has 0 bridgehead atoms. The molecule has 2 aromatic carbocycles. The number of nitrogens with one attached hydrogen (secondary N) is 1. The van der Waals surface area contributed by atoms with Gasteiger partial charge in [0, 0.05) is 17.7 Å². The van der Waals surface area contributed by atoms with Crippen molar-refractivity contribution in [1.82, 2.24) is 9.88 Å². The molecular weight excluding hydrogens is 572 g/mol. The number of amides is 1. The molecule has 11 heteroatoms. The first-order valence-corrected chi connectivity index (χ1v) is 15.8. The largest absolute Gasteiger partial charge is 0.477 e. The molecule has 0 aliphatic heterocycles. The minimum atomic E-state index is -3.62. The van der Waals surface area contributed by atoms with Gasteiger partial charge in [-0.15, -0.1) is 0 Å². The Hall–Kier alpha value is -4.12. The third-order valence-electron chi connectivity index (χ3n) is 7.82. The fraction of sp³-hybridized carbons (Fsp3) is 0.406. The van der Waals surface area contributed by atoms with Crippen molar-refractivity contribution in [3.05, 3.63) is 83.2 Å². The molecule has 10 nitrogen and oxygen atoms in total. The Morgan fingerprint density at radius 3 is 2.16 bits per heavy atom. The monoisotopic (exact) mass is 612 g/mol. The van der Waals surface area contributed by atoms with Gasteiger partial charge in [-0.1, -0.05) is 44.2 Å². The molecule has 1 amide bonds. The molecule has 1 N–H and O–H groups in total. The lowest BCUT2D eigenvalue weighted by Gasteiger charge is -2.34. The summed E-state index contributed by atoms with van der Waals surface area (Å²) in [5.41, 5.74) is 2.54. The zero-order valence-electron chi connectivity index (χ0n) is 25.5. The summed E-state index contributed by atoms with van der Waals surface area (Å²) in [7, 11) is -1.24. The van der Waals surface area contributed by atoms with Crippen molar-refractivity contribution >= 4 is 27.7 Å². The third kappa shape index (κ3) is 7.27. The Bertz CT molecular complexity index is 1540. The van der Waals surface area contributed by atoms with Crippen LogP contribution in [0.25, 0.3) is 0 Å². The molecule has 0 saturated heterocycles. The van der Waals surface area contributed by atoms with Gasteiger partial charge in [0.05, 0.1) is 25.5 Å². The first kappa shape index (κ1) is 33.4. The van der Waals surface area contributed by atoms with Gasteiger partial charge < -0.3 is 24.1 Å².